The first-order valence-electron chi connectivity index (χ1n) is 6.93. The van der Waals surface area contributed by atoms with E-state index in [1.54, 1.807) is 7.11 Å². The maximum atomic E-state index is 10.4. The molecule has 1 aliphatic heterocycles. The molecule has 5 heteroatoms. The van der Waals surface area contributed by atoms with Crippen LogP contribution in [-0.4, -0.2) is 38.1 Å². The number of benzene rings is 1. The molecule has 1 saturated heterocycles. The fraction of sp³-hybridized carbons (Fsp3) is 0.600. The van der Waals surface area contributed by atoms with Gasteiger partial charge in [-0.2, -0.15) is 0 Å². The zero-order valence-corrected chi connectivity index (χ0v) is 13.3. The van der Waals surface area contributed by atoms with E-state index >= 15 is 0 Å². The average molecular weight is 345 g/mol. The molecule has 1 heterocycles. The standard InChI is InChI=1S/C15H21BrO4/c1-18-8-9-20-13-6-5-11(10-12(13)16)15(17)14-4-2-3-7-19-14/h5-6,10,14-15,17H,2-4,7-9H2,1H3. The topological polar surface area (TPSA) is 47.9 Å². The number of ether oxygens (including phenoxy) is 3. The molecule has 2 atom stereocenters. The number of hydrogen-bond donors (Lipinski definition) is 1. The van der Waals surface area contributed by atoms with Gasteiger partial charge in [0, 0.05) is 13.7 Å². The van der Waals surface area contributed by atoms with Crippen molar-refractivity contribution in [2.75, 3.05) is 26.9 Å². The molecular weight excluding hydrogens is 324 g/mol. The van der Waals surface area contributed by atoms with Gasteiger partial charge in [0.05, 0.1) is 17.2 Å². The summed E-state index contributed by atoms with van der Waals surface area (Å²) in [6.45, 7) is 1.79. The molecular formula is C15H21BrO4. The molecule has 0 amide bonds. The molecule has 1 aliphatic rings. The molecule has 0 spiro atoms. The fourth-order valence-electron chi connectivity index (χ4n) is 2.28. The monoisotopic (exact) mass is 344 g/mol. The third kappa shape index (κ3) is 4.19. The van der Waals surface area contributed by atoms with Crippen LogP contribution in [0.5, 0.6) is 5.75 Å². The zero-order valence-electron chi connectivity index (χ0n) is 11.7. The summed E-state index contributed by atoms with van der Waals surface area (Å²) >= 11 is 3.47. The van der Waals surface area contributed by atoms with Gasteiger partial charge in [0.15, 0.2) is 0 Å². The van der Waals surface area contributed by atoms with Gasteiger partial charge in [0.2, 0.25) is 0 Å². The van der Waals surface area contributed by atoms with Crippen LogP contribution in [0.25, 0.3) is 0 Å². The fourth-order valence-corrected chi connectivity index (χ4v) is 2.79. The van der Waals surface area contributed by atoms with Gasteiger partial charge >= 0.3 is 0 Å². The lowest BCUT2D eigenvalue weighted by Crippen LogP contribution is -2.26. The third-order valence-electron chi connectivity index (χ3n) is 3.41. The first kappa shape index (κ1) is 15.8. The summed E-state index contributed by atoms with van der Waals surface area (Å²) in [5, 5.41) is 10.4. The molecule has 1 N–H and O–H groups in total. The van der Waals surface area contributed by atoms with Gasteiger partial charge in [-0.15, -0.1) is 0 Å². The first-order valence-corrected chi connectivity index (χ1v) is 7.72. The predicted octanol–water partition coefficient (Wildman–Crippen LogP) is 3.08. The van der Waals surface area contributed by atoms with Crippen molar-refractivity contribution in [1.82, 2.24) is 0 Å². The van der Waals surface area contributed by atoms with Crippen LogP contribution in [0.1, 0.15) is 30.9 Å². The number of aliphatic hydroxyl groups excluding tert-OH is 1. The highest BCUT2D eigenvalue weighted by Crippen LogP contribution is 2.32. The van der Waals surface area contributed by atoms with E-state index < -0.39 is 6.10 Å². The van der Waals surface area contributed by atoms with Crippen LogP contribution in [0.4, 0.5) is 0 Å². The van der Waals surface area contributed by atoms with E-state index in [1.807, 2.05) is 18.2 Å². The normalized spacial score (nSPS) is 20.6. The van der Waals surface area contributed by atoms with Crippen LogP contribution in [-0.2, 0) is 9.47 Å². The van der Waals surface area contributed by atoms with E-state index in [-0.39, 0.29) is 6.10 Å². The second-order valence-electron chi connectivity index (χ2n) is 4.88. The molecule has 112 valence electrons. The minimum atomic E-state index is -0.584. The first-order chi connectivity index (χ1) is 9.72. The second-order valence-corrected chi connectivity index (χ2v) is 5.74. The maximum absolute atomic E-state index is 10.4. The van der Waals surface area contributed by atoms with Crippen LogP contribution in [0.3, 0.4) is 0 Å². The highest BCUT2D eigenvalue weighted by atomic mass is 79.9. The van der Waals surface area contributed by atoms with Crippen LogP contribution >= 0.6 is 15.9 Å². The van der Waals surface area contributed by atoms with Crippen molar-refractivity contribution in [3.63, 3.8) is 0 Å². The lowest BCUT2D eigenvalue weighted by molar-refractivity contribution is -0.0633. The molecule has 2 rings (SSSR count). The SMILES string of the molecule is COCCOc1ccc(C(O)C2CCCCO2)cc1Br. The largest absolute Gasteiger partial charge is 0.490 e. The smallest absolute Gasteiger partial charge is 0.133 e. The molecule has 0 aromatic heterocycles. The zero-order chi connectivity index (χ0) is 14.4. The summed E-state index contributed by atoms with van der Waals surface area (Å²) in [6.07, 6.45) is 2.42. The van der Waals surface area contributed by atoms with Crippen LogP contribution < -0.4 is 4.74 Å². The minimum absolute atomic E-state index is 0.101. The Morgan fingerprint density at radius 2 is 2.25 bits per heavy atom. The summed E-state index contributed by atoms with van der Waals surface area (Å²) < 4.78 is 17.0. The molecule has 20 heavy (non-hydrogen) atoms. The highest BCUT2D eigenvalue weighted by molar-refractivity contribution is 9.10. The summed E-state index contributed by atoms with van der Waals surface area (Å²) in [4.78, 5) is 0. The summed E-state index contributed by atoms with van der Waals surface area (Å²) in [7, 11) is 1.64. The quantitative estimate of drug-likeness (QED) is 0.805. The van der Waals surface area contributed by atoms with Gasteiger partial charge in [-0.25, -0.2) is 0 Å². The number of hydrogen-bond acceptors (Lipinski definition) is 4. The van der Waals surface area contributed by atoms with Gasteiger partial charge in [-0.05, 0) is 52.9 Å². The average Bonchev–Trinajstić information content (AvgIpc) is 2.49. The van der Waals surface area contributed by atoms with E-state index in [0.29, 0.717) is 13.2 Å². The Labute approximate surface area is 128 Å². The van der Waals surface area contributed by atoms with Crippen molar-refractivity contribution in [2.24, 2.45) is 0 Å². The molecule has 1 aromatic carbocycles. The molecule has 1 aromatic rings. The maximum Gasteiger partial charge on any atom is 0.133 e. The molecule has 0 radical (unpaired) electrons. The summed E-state index contributed by atoms with van der Waals surface area (Å²) in [5.74, 6) is 0.752. The minimum Gasteiger partial charge on any atom is -0.490 e. The molecule has 2 unspecified atom stereocenters. The molecule has 0 aliphatic carbocycles. The van der Waals surface area contributed by atoms with E-state index in [0.717, 1.165) is 41.7 Å². The van der Waals surface area contributed by atoms with Crippen molar-refractivity contribution in [2.45, 2.75) is 31.5 Å². The predicted molar refractivity (Wildman–Crippen MR) is 80.1 cm³/mol. The third-order valence-corrected chi connectivity index (χ3v) is 4.03. The van der Waals surface area contributed by atoms with E-state index in [2.05, 4.69) is 15.9 Å². The van der Waals surface area contributed by atoms with Crippen LogP contribution in [0.2, 0.25) is 0 Å². The van der Waals surface area contributed by atoms with Crippen molar-refractivity contribution in [3.05, 3.63) is 28.2 Å². The highest BCUT2D eigenvalue weighted by Gasteiger charge is 2.24. The molecule has 1 fully saturated rings. The Balaban J connectivity index is 1.99. The Bertz CT molecular complexity index is 418. The Morgan fingerprint density at radius 1 is 1.40 bits per heavy atom. The number of methoxy groups -OCH3 is 1. The summed E-state index contributed by atoms with van der Waals surface area (Å²) in [5.41, 5.74) is 0.850. The van der Waals surface area contributed by atoms with Crippen molar-refractivity contribution < 1.29 is 19.3 Å². The van der Waals surface area contributed by atoms with E-state index in [9.17, 15) is 5.11 Å². The molecule has 0 bridgehead atoms. The van der Waals surface area contributed by atoms with E-state index in [1.165, 1.54) is 0 Å². The van der Waals surface area contributed by atoms with Gasteiger partial charge in [0.25, 0.3) is 0 Å². The Kier molecular flexibility index (Phi) is 6.29. The van der Waals surface area contributed by atoms with Crippen molar-refractivity contribution >= 4 is 15.9 Å². The second kappa shape index (κ2) is 7.98. The molecule has 4 nitrogen and oxygen atoms in total. The van der Waals surface area contributed by atoms with Gasteiger partial charge in [-0.1, -0.05) is 6.07 Å². The van der Waals surface area contributed by atoms with Gasteiger partial charge < -0.3 is 19.3 Å². The molecule has 0 saturated carbocycles. The van der Waals surface area contributed by atoms with E-state index in [4.69, 9.17) is 14.2 Å². The lowest BCUT2D eigenvalue weighted by atomic mass is 9.98. The van der Waals surface area contributed by atoms with Crippen molar-refractivity contribution in [1.29, 1.82) is 0 Å². The lowest BCUT2D eigenvalue weighted by Gasteiger charge is -2.27. The summed E-state index contributed by atoms with van der Waals surface area (Å²) in [6, 6.07) is 5.64. The van der Waals surface area contributed by atoms with Gasteiger partial charge in [0.1, 0.15) is 18.5 Å². The number of rotatable bonds is 6. The van der Waals surface area contributed by atoms with Crippen molar-refractivity contribution in [3.8, 4) is 5.75 Å². The van der Waals surface area contributed by atoms with Crippen LogP contribution in [0.15, 0.2) is 22.7 Å². The Morgan fingerprint density at radius 3 is 2.90 bits per heavy atom. The Hall–Kier alpha value is -0.620. The number of aliphatic hydroxyl groups is 1. The van der Waals surface area contributed by atoms with Crippen LogP contribution in [0, 0.1) is 0 Å². The van der Waals surface area contributed by atoms with Gasteiger partial charge in [-0.3, -0.25) is 0 Å². The number of halogens is 1.